The van der Waals surface area contributed by atoms with Crippen LogP contribution < -0.4 is 23.0 Å². The number of hydrogen-bond donors (Lipinski definition) is 5. The third-order valence-corrected chi connectivity index (χ3v) is 6.19. The summed E-state index contributed by atoms with van der Waals surface area (Å²) in [5.41, 5.74) is 17.8. The van der Waals surface area contributed by atoms with Gasteiger partial charge in [0, 0.05) is 11.5 Å². The number of amides is 1. The van der Waals surface area contributed by atoms with Gasteiger partial charge in [-0.05, 0) is 11.6 Å². The molecule has 0 aromatic rings. The Kier molecular flexibility index (Phi) is 4.48. The predicted molar refractivity (Wildman–Crippen MR) is 91.9 cm³/mol. The molecule has 0 saturated carbocycles. The molecule has 0 aromatic heterocycles. The maximum atomic E-state index is 11.9. The molecule has 0 aromatic carbocycles. The average molecular weight is 371 g/mol. The summed E-state index contributed by atoms with van der Waals surface area (Å²) in [6, 6.07) is -0.649. The van der Waals surface area contributed by atoms with Crippen molar-refractivity contribution < 1.29 is 14.7 Å². The topological polar surface area (TPSA) is 177 Å². The predicted octanol–water partition coefficient (Wildman–Crippen LogP) is -2.07. The summed E-state index contributed by atoms with van der Waals surface area (Å²) in [4.78, 5) is 28.8. The monoisotopic (exact) mass is 371 g/mol. The zero-order chi connectivity index (χ0) is 17.6. The standard InChI is InChI=1S/C12H17N7O3S2/c13-5-1-6(14)19(16)12(17-5)24-3-4-2-23-10-7(15)9(20)18(10)8(4)11(21)22/h1,6-7,10H,2-3,13-16H2,(H,21,22)/t6?,7?,10-/m0/s1. The van der Waals surface area contributed by atoms with Crippen LogP contribution in [0, 0.1) is 0 Å². The first-order valence-corrected chi connectivity index (χ1v) is 8.98. The van der Waals surface area contributed by atoms with Crippen molar-refractivity contribution in [3.8, 4) is 0 Å². The third-order valence-electron chi connectivity index (χ3n) is 3.77. The molecular weight excluding hydrogens is 354 g/mol. The molecule has 1 amide bonds. The molecule has 0 bridgehead atoms. The Bertz CT molecular complexity index is 692. The van der Waals surface area contributed by atoms with Gasteiger partial charge < -0.3 is 22.3 Å². The highest BCUT2D eigenvalue weighted by molar-refractivity contribution is 8.14. The van der Waals surface area contributed by atoms with Crippen molar-refractivity contribution >= 4 is 40.6 Å². The van der Waals surface area contributed by atoms with Gasteiger partial charge in [0.05, 0.1) is 0 Å². The molecule has 9 N–H and O–H groups in total. The normalized spacial score (nSPS) is 29.8. The van der Waals surface area contributed by atoms with E-state index in [1.807, 2.05) is 0 Å². The number of β-lactam (4-membered cyclic amide) rings is 1. The lowest BCUT2D eigenvalue weighted by atomic mass is 10.0. The molecule has 1 saturated heterocycles. The highest BCUT2D eigenvalue weighted by atomic mass is 32.2. The summed E-state index contributed by atoms with van der Waals surface area (Å²) >= 11 is 2.66. The van der Waals surface area contributed by atoms with Crippen molar-refractivity contribution in [1.29, 1.82) is 0 Å². The Labute approximate surface area is 145 Å². The van der Waals surface area contributed by atoms with Crippen molar-refractivity contribution in [2.45, 2.75) is 17.6 Å². The van der Waals surface area contributed by atoms with Crippen molar-refractivity contribution in [1.82, 2.24) is 9.91 Å². The average Bonchev–Trinajstić information content (AvgIpc) is 2.54. The van der Waals surface area contributed by atoms with Crippen LogP contribution in [0.3, 0.4) is 0 Å². The smallest absolute Gasteiger partial charge is 0.352 e. The number of carbonyl (C=O) groups is 2. The van der Waals surface area contributed by atoms with Gasteiger partial charge in [-0.1, -0.05) is 11.8 Å². The number of aliphatic imine (C=N–C) groups is 1. The van der Waals surface area contributed by atoms with Gasteiger partial charge in [0.25, 0.3) is 0 Å². The zero-order valence-electron chi connectivity index (χ0n) is 12.5. The van der Waals surface area contributed by atoms with Gasteiger partial charge >= 0.3 is 5.97 Å². The molecule has 12 heteroatoms. The quantitative estimate of drug-likeness (QED) is 0.273. The van der Waals surface area contributed by atoms with Crippen LogP contribution in [-0.2, 0) is 9.59 Å². The van der Waals surface area contributed by atoms with E-state index in [9.17, 15) is 14.7 Å². The summed E-state index contributed by atoms with van der Waals surface area (Å²) in [6.07, 6.45) is 0.908. The number of carboxylic acid groups (broad SMARTS) is 1. The number of carboxylic acids is 1. The molecule has 130 valence electrons. The van der Waals surface area contributed by atoms with E-state index in [1.165, 1.54) is 39.5 Å². The Balaban J connectivity index is 1.80. The van der Waals surface area contributed by atoms with Crippen molar-refractivity contribution in [2.75, 3.05) is 11.5 Å². The van der Waals surface area contributed by atoms with Gasteiger partial charge in [-0.15, -0.1) is 11.8 Å². The molecule has 3 aliphatic heterocycles. The minimum Gasteiger partial charge on any atom is -0.477 e. The summed E-state index contributed by atoms with van der Waals surface area (Å²) in [6.45, 7) is 0. The largest absolute Gasteiger partial charge is 0.477 e. The fraction of sp³-hybridized carbons (Fsp3) is 0.417. The molecule has 3 rings (SSSR count). The third kappa shape index (κ3) is 2.75. The van der Waals surface area contributed by atoms with E-state index in [0.29, 0.717) is 22.2 Å². The number of carbonyl (C=O) groups excluding carboxylic acids is 1. The Morgan fingerprint density at radius 1 is 1.50 bits per heavy atom. The maximum absolute atomic E-state index is 11.9. The van der Waals surface area contributed by atoms with Gasteiger partial charge in [0.1, 0.15) is 29.1 Å². The molecule has 2 unspecified atom stereocenters. The number of thioether (sulfide) groups is 2. The van der Waals surface area contributed by atoms with E-state index < -0.39 is 18.2 Å². The van der Waals surface area contributed by atoms with Crippen LogP contribution in [0.5, 0.6) is 0 Å². The molecule has 3 atom stereocenters. The number of hydrogen-bond acceptors (Lipinski definition) is 10. The number of fused-ring (bicyclic) bond motifs is 1. The van der Waals surface area contributed by atoms with Gasteiger partial charge in [0.15, 0.2) is 5.17 Å². The van der Waals surface area contributed by atoms with E-state index >= 15 is 0 Å². The summed E-state index contributed by atoms with van der Waals surface area (Å²) in [5, 5.41) is 10.8. The maximum Gasteiger partial charge on any atom is 0.352 e. The summed E-state index contributed by atoms with van der Waals surface area (Å²) in [5.74, 6) is 5.32. The first-order chi connectivity index (χ1) is 11.3. The van der Waals surface area contributed by atoms with Crippen molar-refractivity contribution in [3.63, 3.8) is 0 Å². The Morgan fingerprint density at radius 2 is 2.21 bits per heavy atom. The van der Waals surface area contributed by atoms with Gasteiger partial charge in [-0.2, -0.15) is 0 Å². The molecule has 0 radical (unpaired) electrons. The van der Waals surface area contributed by atoms with Crippen LogP contribution >= 0.6 is 23.5 Å². The second-order valence-electron chi connectivity index (χ2n) is 5.37. The van der Waals surface area contributed by atoms with Crippen molar-refractivity contribution in [3.05, 3.63) is 23.2 Å². The van der Waals surface area contributed by atoms with Gasteiger partial charge in [-0.3, -0.25) is 14.7 Å². The minimum absolute atomic E-state index is 0.00857. The number of aliphatic carboxylic acids is 1. The molecule has 0 aliphatic carbocycles. The van der Waals surface area contributed by atoms with E-state index in [4.69, 9.17) is 23.0 Å². The second-order valence-corrected chi connectivity index (χ2v) is 7.41. The number of amidine groups is 1. The van der Waals surface area contributed by atoms with Crippen LogP contribution in [0.1, 0.15) is 0 Å². The molecule has 24 heavy (non-hydrogen) atoms. The molecule has 3 heterocycles. The molecule has 10 nitrogen and oxygen atoms in total. The van der Waals surface area contributed by atoms with E-state index in [0.717, 1.165) is 0 Å². The number of nitrogens with two attached hydrogens (primary N) is 4. The van der Waals surface area contributed by atoms with Crippen molar-refractivity contribution in [2.24, 2.45) is 28.0 Å². The summed E-state index contributed by atoms with van der Waals surface area (Å²) < 4.78 is 0. The SMILES string of the molecule is NC1=CC(N)N(N)C(SCC2=C(C(=O)O)N3C(=O)C(N)[C@@H]3SC2)=N1. The van der Waals surface area contributed by atoms with Crippen LogP contribution in [0.4, 0.5) is 0 Å². The lowest BCUT2D eigenvalue weighted by Gasteiger charge is -2.48. The fourth-order valence-electron chi connectivity index (χ4n) is 2.54. The molecule has 1 fully saturated rings. The number of rotatable bonds is 3. The lowest BCUT2D eigenvalue weighted by Crippen LogP contribution is -2.68. The zero-order valence-corrected chi connectivity index (χ0v) is 14.1. The van der Waals surface area contributed by atoms with Crippen LogP contribution in [-0.4, -0.2) is 61.1 Å². The number of hydrazine groups is 1. The molecular formula is C12H17N7O3S2. The first-order valence-electron chi connectivity index (χ1n) is 6.95. The molecule has 3 aliphatic rings. The van der Waals surface area contributed by atoms with Crippen LogP contribution in [0.25, 0.3) is 0 Å². The molecule has 0 spiro atoms. The highest BCUT2D eigenvalue weighted by Crippen LogP contribution is 2.40. The van der Waals surface area contributed by atoms with Crippen LogP contribution in [0.2, 0.25) is 0 Å². The van der Waals surface area contributed by atoms with E-state index in [2.05, 4.69) is 4.99 Å². The van der Waals surface area contributed by atoms with E-state index in [1.54, 1.807) is 0 Å². The fourth-order valence-corrected chi connectivity index (χ4v) is 4.94. The second kappa shape index (κ2) is 6.29. The number of nitrogens with zero attached hydrogens (tertiary/aromatic N) is 3. The minimum atomic E-state index is -1.15. The summed E-state index contributed by atoms with van der Waals surface area (Å²) in [7, 11) is 0. The van der Waals surface area contributed by atoms with Crippen LogP contribution in [0.15, 0.2) is 28.2 Å². The van der Waals surface area contributed by atoms with Gasteiger partial charge in [-0.25, -0.2) is 15.6 Å². The Hall–Kier alpha value is -1.73. The Morgan fingerprint density at radius 3 is 2.88 bits per heavy atom. The highest BCUT2D eigenvalue weighted by Gasteiger charge is 2.51. The van der Waals surface area contributed by atoms with E-state index in [-0.39, 0.29) is 22.8 Å². The first kappa shape index (κ1) is 17.1. The lowest BCUT2D eigenvalue weighted by molar-refractivity contribution is -0.147. The van der Waals surface area contributed by atoms with Gasteiger partial charge in [0.2, 0.25) is 5.91 Å².